The molecule has 3 aromatic rings. The van der Waals surface area contributed by atoms with Gasteiger partial charge in [-0.2, -0.15) is 4.98 Å². The molecule has 0 aliphatic rings. The summed E-state index contributed by atoms with van der Waals surface area (Å²) in [5.41, 5.74) is 5.31. The van der Waals surface area contributed by atoms with Crippen molar-refractivity contribution in [3.8, 4) is 0 Å². The van der Waals surface area contributed by atoms with E-state index in [-0.39, 0.29) is 0 Å². The fraction of sp³-hybridized carbons (Fsp3) is 0.158. The summed E-state index contributed by atoms with van der Waals surface area (Å²) < 4.78 is 1.04. The minimum atomic E-state index is 0.573. The van der Waals surface area contributed by atoms with Crippen LogP contribution in [0.2, 0.25) is 0 Å². The van der Waals surface area contributed by atoms with Gasteiger partial charge in [-0.05, 0) is 68.3 Å². The predicted molar refractivity (Wildman–Crippen MR) is 103 cm³/mol. The SMILES string of the molecule is Cc1cc(C)cc(Nc2cc(C)nc(Nc3ccc(Br)cc3)n2)c1. The topological polar surface area (TPSA) is 49.8 Å². The smallest absolute Gasteiger partial charge is 0.229 e. The summed E-state index contributed by atoms with van der Waals surface area (Å²) in [7, 11) is 0. The van der Waals surface area contributed by atoms with Crippen molar-refractivity contribution in [3.05, 3.63) is 69.8 Å². The molecule has 4 nitrogen and oxygen atoms in total. The van der Waals surface area contributed by atoms with E-state index < -0.39 is 0 Å². The molecule has 5 heteroatoms. The molecule has 122 valence electrons. The zero-order chi connectivity index (χ0) is 17.1. The third-order valence-electron chi connectivity index (χ3n) is 3.45. The summed E-state index contributed by atoms with van der Waals surface area (Å²) >= 11 is 3.43. The van der Waals surface area contributed by atoms with Gasteiger partial charge in [-0.1, -0.05) is 22.0 Å². The van der Waals surface area contributed by atoms with Crippen molar-refractivity contribution in [1.29, 1.82) is 0 Å². The molecular formula is C19H19BrN4. The van der Waals surface area contributed by atoms with Gasteiger partial charge in [0, 0.05) is 27.6 Å². The molecule has 0 radical (unpaired) electrons. The molecule has 0 aliphatic heterocycles. The lowest BCUT2D eigenvalue weighted by molar-refractivity contribution is 1.11. The molecule has 2 N–H and O–H groups in total. The normalized spacial score (nSPS) is 10.5. The Balaban J connectivity index is 1.84. The number of benzene rings is 2. The van der Waals surface area contributed by atoms with Gasteiger partial charge >= 0.3 is 0 Å². The molecule has 3 rings (SSSR count). The van der Waals surface area contributed by atoms with E-state index in [1.165, 1.54) is 11.1 Å². The third kappa shape index (κ3) is 4.32. The molecule has 0 aliphatic carbocycles. The maximum atomic E-state index is 4.56. The van der Waals surface area contributed by atoms with Crippen molar-refractivity contribution in [3.63, 3.8) is 0 Å². The molecule has 0 saturated carbocycles. The Morgan fingerprint density at radius 2 is 1.42 bits per heavy atom. The summed E-state index contributed by atoms with van der Waals surface area (Å²) in [6.45, 7) is 6.13. The molecule has 0 bridgehead atoms. The minimum Gasteiger partial charge on any atom is -0.340 e. The fourth-order valence-corrected chi connectivity index (χ4v) is 2.81. The van der Waals surface area contributed by atoms with E-state index in [1.54, 1.807) is 0 Å². The first-order chi connectivity index (χ1) is 11.5. The van der Waals surface area contributed by atoms with E-state index in [0.29, 0.717) is 5.95 Å². The molecule has 0 unspecified atom stereocenters. The van der Waals surface area contributed by atoms with Crippen LogP contribution in [0.3, 0.4) is 0 Å². The molecule has 1 heterocycles. The maximum Gasteiger partial charge on any atom is 0.229 e. The van der Waals surface area contributed by atoms with Gasteiger partial charge in [-0.25, -0.2) is 4.98 Å². The maximum absolute atomic E-state index is 4.56. The van der Waals surface area contributed by atoms with Crippen LogP contribution < -0.4 is 10.6 Å². The van der Waals surface area contributed by atoms with E-state index in [2.05, 4.69) is 68.6 Å². The molecular weight excluding hydrogens is 364 g/mol. The van der Waals surface area contributed by atoms with Crippen molar-refractivity contribution >= 4 is 39.1 Å². The van der Waals surface area contributed by atoms with Crippen LogP contribution in [-0.2, 0) is 0 Å². The number of nitrogens with one attached hydrogen (secondary N) is 2. The standard InChI is InChI=1S/C19H19BrN4/c1-12-8-13(2)10-17(9-12)22-18-11-14(3)21-19(24-18)23-16-6-4-15(20)5-7-16/h4-11H,1-3H3,(H2,21,22,23,24). The van der Waals surface area contributed by atoms with Gasteiger partial charge < -0.3 is 10.6 Å². The first-order valence-electron chi connectivity index (χ1n) is 7.71. The average molecular weight is 383 g/mol. The molecule has 2 aromatic carbocycles. The molecule has 0 atom stereocenters. The Hall–Kier alpha value is -2.40. The molecule has 0 fully saturated rings. The number of rotatable bonds is 4. The first-order valence-corrected chi connectivity index (χ1v) is 8.51. The summed E-state index contributed by atoms with van der Waals surface area (Å²) in [4.78, 5) is 9.02. The molecule has 0 spiro atoms. The summed E-state index contributed by atoms with van der Waals surface area (Å²) in [5.74, 6) is 1.34. The second-order valence-electron chi connectivity index (χ2n) is 5.85. The summed E-state index contributed by atoms with van der Waals surface area (Å²) in [6, 6.07) is 16.2. The number of nitrogens with zero attached hydrogens (tertiary/aromatic N) is 2. The number of aryl methyl sites for hydroxylation is 3. The van der Waals surface area contributed by atoms with E-state index in [4.69, 9.17) is 0 Å². The lowest BCUT2D eigenvalue weighted by Gasteiger charge is -2.11. The van der Waals surface area contributed by atoms with Crippen LogP contribution in [0.15, 0.2) is 53.0 Å². The van der Waals surface area contributed by atoms with Crippen LogP contribution in [0.4, 0.5) is 23.1 Å². The lowest BCUT2D eigenvalue weighted by atomic mass is 10.1. The highest BCUT2D eigenvalue weighted by molar-refractivity contribution is 9.10. The van der Waals surface area contributed by atoms with E-state index in [0.717, 1.165) is 27.4 Å². The molecule has 0 saturated heterocycles. The number of aromatic nitrogens is 2. The zero-order valence-corrected chi connectivity index (χ0v) is 15.5. The molecule has 1 aromatic heterocycles. The third-order valence-corrected chi connectivity index (χ3v) is 3.98. The van der Waals surface area contributed by atoms with E-state index in [1.807, 2.05) is 37.3 Å². The van der Waals surface area contributed by atoms with Gasteiger partial charge in [0.05, 0.1) is 0 Å². The highest BCUT2D eigenvalue weighted by Gasteiger charge is 2.04. The van der Waals surface area contributed by atoms with Crippen LogP contribution in [0.1, 0.15) is 16.8 Å². The van der Waals surface area contributed by atoms with Crippen molar-refractivity contribution in [2.24, 2.45) is 0 Å². The van der Waals surface area contributed by atoms with Crippen molar-refractivity contribution in [1.82, 2.24) is 9.97 Å². The monoisotopic (exact) mass is 382 g/mol. The molecule has 0 amide bonds. The Labute approximate surface area is 150 Å². The van der Waals surface area contributed by atoms with Crippen LogP contribution >= 0.6 is 15.9 Å². The number of halogens is 1. The van der Waals surface area contributed by atoms with Gasteiger partial charge in [0.25, 0.3) is 0 Å². The minimum absolute atomic E-state index is 0.573. The van der Waals surface area contributed by atoms with Gasteiger partial charge in [0.2, 0.25) is 5.95 Å². The highest BCUT2D eigenvalue weighted by Crippen LogP contribution is 2.22. The average Bonchev–Trinajstić information content (AvgIpc) is 2.48. The fourth-order valence-electron chi connectivity index (χ4n) is 2.55. The van der Waals surface area contributed by atoms with Crippen LogP contribution in [0.25, 0.3) is 0 Å². The number of anilines is 4. The Bertz CT molecular complexity index is 839. The van der Waals surface area contributed by atoms with Crippen LogP contribution in [0, 0.1) is 20.8 Å². The highest BCUT2D eigenvalue weighted by atomic mass is 79.9. The second kappa shape index (κ2) is 7.01. The first kappa shape index (κ1) is 16.5. The summed E-state index contributed by atoms with van der Waals surface area (Å²) in [6.07, 6.45) is 0. The van der Waals surface area contributed by atoms with Crippen molar-refractivity contribution < 1.29 is 0 Å². The van der Waals surface area contributed by atoms with Crippen molar-refractivity contribution in [2.45, 2.75) is 20.8 Å². The van der Waals surface area contributed by atoms with Gasteiger partial charge in [-0.3, -0.25) is 0 Å². The van der Waals surface area contributed by atoms with Gasteiger partial charge in [0.15, 0.2) is 0 Å². The Morgan fingerprint density at radius 1 is 0.750 bits per heavy atom. The lowest BCUT2D eigenvalue weighted by Crippen LogP contribution is -2.02. The Kier molecular flexibility index (Phi) is 4.81. The summed E-state index contributed by atoms with van der Waals surface area (Å²) in [5, 5.41) is 6.60. The zero-order valence-electron chi connectivity index (χ0n) is 13.9. The largest absolute Gasteiger partial charge is 0.340 e. The van der Waals surface area contributed by atoms with E-state index in [9.17, 15) is 0 Å². The van der Waals surface area contributed by atoms with Gasteiger partial charge in [-0.15, -0.1) is 0 Å². The number of hydrogen-bond acceptors (Lipinski definition) is 4. The molecule has 24 heavy (non-hydrogen) atoms. The van der Waals surface area contributed by atoms with Crippen LogP contribution in [0.5, 0.6) is 0 Å². The van der Waals surface area contributed by atoms with Crippen molar-refractivity contribution in [2.75, 3.05) is 10.6 Å². The number of hydrogen-bond donors (Lipinski definition) is 2. The quantitative estimate of drug-likeness (QED) is 0.611. The predicted octanol–water partition coefficient (Wildman–Crippen LogP) is 5.65. The second-order valence-corrected chi connectivity index (χ2v) is 6.77. The van der Waals surface area contributed by atoms with E-state index >= 15 is 0 Å². The van der Waals surface area contributed by atoms with Crippen LogP contribution in [-0.4, -0.2) is 9.97 Å². The van der Waals surface area contributed by atoms with Gasteiger partial charge in [0.1, 0.15) is 5.82 Å². The Morgan fingerprint density at radius 3 is 2.08 bits per heavy atom.